The molecule has 0 saturated carbocycles. The summed E-state index contributed by atoms with van der Waals surface area (Å²) >= 11 is 1.36. The maximum atomic E-state index is 12.3. The van der Waals surface area contributed by atoms with E-state index < -0.39 is 0 Å². The van der Waals surface area contributed by atoms with E-state index in [0.717, 1.165) is 22.3 Å². The van der Waals surface area contributed by atoms with Gasteiger partial charge in [-0.1, -0.05) is 20.3 Å². The van der Waals surface area contributed by atoms with Gasteiger partial charge in [-0.25, -0.2) is 4.98 Å². The average molecular weight is 291 g/mol. The van der Waals surface area contributed by atoms with E-state index in [-0.39, 0.29) is 11.9 Å². The summed E-state index contributed by atoms with van der Waals surface area (Å²) in [5, 5.41) is 3.89. The summed E-state index contributed by atoms with van der Waals surface area (Å²) in [6.07, 6.45) is 1.03. The number of nitrogens with zero attached hydrogens (tertiary/aromatic N) is 1. The van der Waals surface area contributed by atoms with Crippen molar-refractivity contribution < 1.29 is 4.79 Å². The number of hydrogen-bond donors (Lipinski definition) is 2. The standard InChI is InChI=1S/C15H21N3OS/c1-5-8(2)10(4)18-14(19)13-12(16)11-7-6-9(3)17-15(11)20-13/h6-8,10H,5,16H2,1-4H3,(H,18,19). The molecule has 2 aromatic rings. The van der Waals surface area contributed by atoms with Gasteiger partial charge in [-0.3, -0.25) is 4.79 Å². The number of carbonyl (C=O) groups is 1. The zero-order valence-corrected chi connectivity index (χ0v) is 13.2. The molecular formula is C15H21N3OS. The maximum absolute atomic E-state index is 12.3. The molecule has 0 saturated heterocycles. The quantitative estimate of drug-likeness (QED) is 0.907. The van der Waals surface area contributed by atoms with Gasteiger partial charge < -0.3 is 11.1 Å². The number of thiophene rings is 1. The predicted molar refractivity (Wildman–Crippen MR) is 85.2 cm³/mol. The number of aromatic nitrogens is 1. The maximum Gasteiger partial charge on any atom is 0.263 e. The van der Waals surface area contributed by atoms with Gasteiger partial charge >= 0.3 is 0 Å². The van der Waals surface area contributed by atoms with Crippen molar-refractivity contribution in [2.24, 2.45) is 5.92 Å². The number of nitrogen functional groups attached to an aromatic ring is 1. The SMILES string of the molecule is CCC(C)C(C)NC(=O)c1sc2nc(C)ccc2c1N. The lowest BCUT2D eigenvalue weighted by atomic mass is 10.0. The van der Waals surface area contributed by atoms with Crippen molar-refractivity contribution in [2.45, 2.75) is 40.2 Å². The molecule has 0 aromatic carbocycles. The van der Waals surface area contributed by atoms with E-state index in [0.29, 0.717) is 16.5 Å². The molecule has 2 heterocycles. The third-order valence-electron chi connectivity index (χ3n) is 3.80. The van der Waals surface area contributed by atoms with Crippen molar-refractivity contribution in [1.82, 2.24) is 10.3 Å². The van der Waals surface area contributed by atoms with Crippen LogP contribution in [0.5, 0.6) is 0 Å². The molecule has 1 amide bonds. The Hall–Kier alpha value is -1.62. The van der Waals surface area contributed by atoms with Gasteiger partial charge in [0, 0.05) is 17.1 Å². The van der Waals surface area contributed by atoms with Crippen molar-refractivity contribution >= 4 is 33.1 Å². The Morgan fingerprint density at radius 3 is 2.80 bits per heavy atom. The van der Waals surface area contributed by atoms with Crippen LogP contribution < -0.4 is 11.1 Å². The van der Waals surface area contributed by atoms with Gasteiger partial charge in [0.1, 0.15) is 9.71 Å². The Morgan fingerprint density at radius 1 is 1.45 bits per heavy atom. The second kappa shape index (κ2) is 5.79. The minimum absolute atomic E-state index is 0.101. The molecule has 0 spiro atoms. The van der Waals surface area contributed by atoms with Gasteiger partial charge in [0.2, 0.25) is 0 Å². The molecule has 2 atom stereocenters. The lowest BCUT2D eigenvalue weighted by molar-refractivity contribution is 0.0933. The predicted octanol–water partition coefficient (Wildman–Crippen LogP) is 3.35. The van der Waals surface area contributed by atoms with Crippen LogP contribution in [0.2, 0.25) is 0 Å². The van der Waals surface area contributed by atoms with Crippen molar-refractivity contribution in [1.29, 1.82) is 0 Å². The molecule has 5 heteroatoms. The summed E-state index contributed by atoms with van der Waals surface area (Å²) in [6.45, 7) is 8.20. The lowest BCUT2D eigenvalue weighted by Gasteiger charge is -2.19. The van der Waals surface area contributed by atoms with Crippen LogP contribution in [0, 0.1) is 12.8 Å². The van der Waals surface area contributed by atoms with Crippen LogP contribution in [0.15, 0.2) is 12.1 Å². The molecule has 0 fully saturated rings. The van der Waals surface area contributed by atoms with Gasteiger partial charge in [-0.05, 0) is 31.9 Å². The van der Waals surface area contributed by atoms with Gasteiger partial charge in [-0.2, -0.15) is 0 Å². The van der Waals surface area contributed by atoms with Crippen LogP contribution >= 0.6 is 11.3 Å². The second-order valence-electron chi connectivity index (χ2n) is 5.30. The fraction of sp³-hybridized carbons (Fsp3) is 0.467. The first-order valence-electron chi connectivity index (χ1n) is 6.90. The Balaban J connectivity index is 2.28. The topological polar surface area (TPSA) is 68.0 Å². The molecule has 108 valence electrons. The lowest BCUT2D eigenvalue weighted by Crippen LogP contribution is -2.36. The molecule has 0 aliphatic heterocycles. The largest absolute Gasteiger partial charge is 0.397 e. The second-order valence-corrected chi connectivity index (χ2v) is 6.30. The Morgan fingerprint density at radius 2 is 2.15 bits per heavy atom. The molecule has 0 radical (unpaired) electrons. The summed E-state index contributed by atoms with van der Waals surface area (Å²) in [5.41, 5.74) is 7.55. The van der Waals surface area contributed by atoms with Crippen LogP contribution in [0.25, 0.3) is 10.2 Å². The number of nitrogens with two attached hydrogens (primary N) is 1. The van der Waals surface area contributed by atoms with E-state index in [9.17, 15) is 4.79 Å². The number of nitrogens with one attached hydrogen (secondary N) is 1. The minimum atomic E-state index is -0.101. The molecule has 2 aromatic heterocycles. The first-order valence-corrected chi connectivity index (χ1v) is 7.72. The highest BCUT2D eigenvalue weighted by Gasteiger charge is 2.20. The number of rotatable bonds is 4. The van der Waals surface area contributed by atoms with E-state index >= 15 is 0 Å². The fourth-order valence-electron chi connectivity index (χ4n) is 2.03. The van der Waals surface area contributed by atoms with E-state index in [1.165, 1.54) is 11.3 Å². The van der Waals surface area contributed by atoms with Crippen LogP contribution in [0.3, 0.4) is 0 Å². The monoisotopic (exact) mass is 291 g/mol. The molecule has 2 rings (SSSR count). The third-order valence-corrected chi connectivity index (χ3v) is 4.91. The number of fused-ring (bicyclic) bond motifs is 1. The van der Waals surface area contributed by atoms with Crippen molar-refractivity contribution in [2.75, 3.05) is 5.73 Å². The number of amides is 1. The molecule has 4 nitrogen and oxygen atoms in total. The van der Waals surface area contributed by atoms with Gasteiger partial charge in [0.15, 0.2) is 0 Å². The number of aryl methyl sites for hydroxylation is 1. The average Bonchev–Trinajstić information content (AvgIpc) is 2.74. The highest BCUT2D eigenvalue weighted by Crippen LogP contribution is 2.32. The fourth-order valence-corrected chi connectivity index (χ4v) is 3.07. The summed E-state index contributed by atoms with van der Waals surface area (Å²) in [4.78, 5) is 18.2. The van der Waals surface area contributed by atoms with E-state index in [2.05, 4.69) is 24.1 Å². The summed E-state index contributed by atoms with van der Waals surface area (Å²) in [5.74, 6) is 0.339. The van der Waals surface area contributed by atoms with Gasteiger partial charge in [-0.15, -0.1) is 11.3 Å². The molecule has 3 N–H and O–H groups in total. The molecule has 0 aliphatic rings. The van der Waals surface area contributed by atoms with Crippen molar-refractivity contribution in [3.8, 4) is 0 Å². The zero-order chi connectivity index (χ0) is 14.9. The Kier molecular flexibility index (Phi) is 4.28. The number of anilines is 1. The zero-order valence-electron chi connectivity index (χ0n) is 12.4. The normalized spacial score (nSPS) is 14.2. The minimum Gasteiger partial charge on any atom is -0.397 e. The Labute approximate surface area is 123 Å². The summed E-state index contributed by atoms with van der Waals surface area (Å²) < 4.78 is 0. The molecule has 0 aliphatic carbocycles. The van der Waals surface area contributed by atoms with E-state index in [1.807, 2.05) is 26.0 Å². The van der Waals surface area contributed by atoms with Crippen LogP contribution in [-0.4, -0.2) is 16.9 Å². The molecule has 2 unspecified atom stereocenters. The van der Waals surface area contributed by atoms with Crippen LogP contribution in [0.4, 0.5) is 5.69 Å². The van der Waals surface area contributed by atoms with Crippen molar-refractivity contribution in [3.63, 3.8) is 0 Å². The van der Waals surface area contributed by atoms with Gasteiger partial charge in [0.25, 0.3) is 5.91 Å². The molecular weight excluding hydrogens is 270 g/mol. The smallest absolute Gasteiger partial charge is 0.263 e. The number of carbonyl (C=O) groups excluding carboxylic acids is 1. The van der Waals surface area contributed by atoms with Crippen LogP contribution in [0.1, 0.15) is 42.6 Å². The van der Waals surface area contributed by atoms with E-state index in [1.54, 1.807) is 0 Å². The summed E-state index contributed by atoms with van der Waals surface area (Å²) in [7, 11) is 0. The van der Waals surface area contributed by atoms with E-state index in [4.69, 9.17) is 5.73 Å². The first-order chi connectivity index (χ1) is 9.43. The summed E-state index contributed by atoms with van der Waals surface area (Å²) in [6, 6.07) is 3.97. The number of pyridine rings is 1. The van der Waals surface area contributed by atoms with Gasteiger partial charge in [0.05, 0.1) is 5.69 Å². The molecule has 20 heavy (non-hydrogen) atoms. The third kappa shape index (κ3) is 2.77. The molecule has 0 bridgehead atoms. The first kappa shape index (κ1) is 14.8. The van der Waals surface area contributed by atoms with Crippen molar-refractivity contribution in [3.05, 3.63) is 22.7 Å². The highest BCUT2D eigenvalue weighted by atomic mass is 32.1. The number of hydrogen-bond acceptors (Lipinski definition) is 4. The Bertz CT molecular complexity index is 635. The van der Waals surface area contributed by atoms with Crippen LogP contribution in [-0.2, 0) is 0 Å². The highest BCUT2D eigenvalue weighted by molar-refractivity contribution is 7.21.